The van der Waals surface area contributed by atoms with E-state index in [0.29, 0.717) is 23.2 Å². The van der Waals surface area contributed by atoms with Crippen LogP contribution in [0.3, 0.4) is 0 Å². The van der Waals surface area contributed by atoms with Gasteiger partial charge >= 0.3 is 0 Å². The van der Waals surface area contributed by atoms with Crippen LogP contribution >= 0.6 is 11.6 Å². The fourth-order valence-corrected chi connectivity index (χ4v) is 2.44. The smallest absolute Gasteiger partial charge is 0.124 e. The van der Waals surface area contributed by atoms with Crippen LogP contribution in [-0.4, -0.2) is 38.0 Å². The van der Waals surface area contributed by atoms with E-state index in [0.717, 1.165) is 6.42 Å². The molecule has 0 unspecified atom stereocenters. The second kappa shape index (κ2) is 7.97. The van der Waals surface area contributed by atoms with E-state index in [1.54, 1.807) is 24.4 Å². The molecule has 0 saturated heterocycles. The van der Waals surface area contributed by atoms with Gasteiger partial charge in [0, 0.05) is 23.2 Å². The normalized spacial score (nSPS) is 12.9. The number of aliphatic imine (C=N–C) groups is 1. The third kappa shape index (κ3) is 4.86. The van der Waals surface area contributed by atoms with Crippen molar-refractivity contribution in [1.29, 1.82) is 0 Å². The summed E-state index contributed by atoms with van der Waals surface area (Å²) in [5.41, 5.74) is 1.97. The minimum absolute atomic E-state index is 0.199. The Morgan fingerprint density at radius 3 is 2.59 bits per heavy atom. The highest BCUT2D eigenvalue weighted by Crippen LogP contribution is 2.19. The Morgan fingerprint density at radius 2 is 1.91 bits per heavy atom. The maximum atomic E-state index is 9.79. The Balaban J connectivity index is 2.02. The Labute approximate surface area is 136 Å². The van der Waals surface area contributed by atoms with Crippen LogP contribution in [0.4, 0.5) is 0 Å². The molecule has 4 heteroatoms. The number of likely N-dealkylation sites (N-methyl/N-ethyl adjacent to an activating group) is 1. The number of halogens is 1. The Bertz CT molecular complexity index is 626. The summed E-state index contributed by atoms with van der Waals surface area (Å²) in [6.07, 6.45) is 2.67. The van der Waals surface area contributed by atoms with E-state index in [9.17, 15) is 5.11 Å². The topological polar surface area (TPSA) is 37.0 Å². The van der Waals surface area contributed by atoms with E-state index in [4.69, 9.17) is 11.6 Å². The highest BCUT2D eigenvalue weighted by molar-refractivity contribution is 6.30. The first-order chi connectivity index (χ1) is 10.6. The molecule has 2 aromatic rings. The quantitative estimate of drug-likeness (QED) is 0.788. The number of nitrogens with zero attached hydrogens (tertiary/aromatic N) is 1. The molecule has 0 aliphatic rings. The Kier molecular flexibility index (Phi) is 5.99. The van der Waals surface area contributed by atoms with Crippen LogP contribution in [-0.2, 0) is 6.42 Å². The molecule has 0 heterocycles. The van der Waals surface area contributed by atoms with E-state index >= 15 is 0 Å². The maximum Gasteiger partial charge on any atom is 0.124 e. The summed E-state index contributed by atoms with van der Waals surface area (Å²) in [5, 5.41) is 10.4. The van der Waals surface area contributed by atoms with Gasteiger partial charge in [0.1, 0.15) is 11.8 Å². The van der Waals surface area contributed by atoms with E-state index < -0.39 is 0 Å². The molecule has 0 fully saturated rings. The first-order valence-electron chi connectivity index (χ1n) is 7.38. The molecule has 1 atom stereocenters. The molecule has 3 nitrogen and oxygen atoms in total. The lowest BCUT2D eigenvalue weighted by Gasteiger charge is -2.19. The number of benzene rings is 2. The number of nitrogens with one attached hydrogen (secondary N) is 1. The van der Waals surface area contributed by atoms with Crippen molar-refractivity contribution in [2.24, 2.45) is 4.99 Å². The van der Waals surface area contributed by atoms with Gasteiger partial charge in [-0.1, -0.05) is 41.9 Å². The highest BCUT2D eigenvalue weighted by Gasteiger charge is 2.14. The van der Waals surface area contributed by atoms with Crippen LogP contribution in [0.15, 0.2) is 53.5 Å². The lowest BCUT2D eigenvalue weighted by molar-refractivity contribution is -0.883. The minimum Gasteiger partial charge on any atom is -0.507 e. The van der Waals surface area contributed by atoms with Crippen molar-refractivity contribution in [3.63, 3.8) is 0 Å². The van der Waals surface area contributed by atoms with Crippen LogP contribution < -0.4 is 4.90 Å². The number of phenolic OH excluding ortho intramolecular Hbond substituents is 1. The van der Waals surface area contributed by atoms with E-state index in [-0.39, 0.29) is 5.75 Å². The second-order valence-corrected chi connectivity index (χ2v) is 6.10. The third-order valence-corrected chi connectivity index (χ3v) is 3.92. The fourth-order valence-electron chi connectivity index (χ4n) is 2.26. The summed E-state index contributed by atoms with van der Waals surface area (Å²) in [6, 6.07) is 15.8. The van der Waals surface area contributed by atoms with Crippen LogP contribution in [0.2, 0.25) is 5.02 Å². The van der Waals surface area contributed by atoms with Crippen molar-refractivity contribution < 1.29 is 10.0 Å². The summed E-state index contributed by atoms with van der Waals surface area (Å²) in [6.45, 7) is 0.698. The minimum atomic E-state index is 0.199. The van der Waals surface area contributed by atoms with Gasteiger partial charge < -0.3 is 10.0 Å². The predicted octanol–water partition coefficient (Wildman–Crippen LogP) is 2.22. The summed E-state index contributed by atoms with van der Waals surface area (Å²) >= 11 is 5.94. The molecule has 0 aliphatic carbocycles. The molecule has 116 valence electrons. The van der Waals surface area contributed by atoms with Gasteiger partial charge in [0.05, 0.1) is 20.6 Å². The average Bonchev–Trinajstić information content (AvgIpc) is 2.50. The molecule has 0 aromatic heterocycles. The van der Waals surface area contributed by atoms with Gasteiger partial charge in [0.15, 0.2) is 0 Å². The van der Waals surface area contributed by atoms with Gasteiger partial charge in [0.2, 0.25) is 0 Å². The average molecular weight is 318 g/mol. The molecule has 0 radical (unpaired) electrons. The second-order valence-electron chi connectivity index (χ2n) is 5.66. The van der Waals surface area contributed by atoms with Gasteiger partial charge in [-0.25, -0.2) is 0 Å². The molecule has 2 N–H and O–H groups in total. The van der Waals surface area contributed by atoms with Crippen LogP contribution in [0.1, 0.15) is 11.1 Å². The van der Waals surface area contributed by atoms with Crippen molar-refractivity contribution in [1.82, 2.24) is 0 Å². The third-order valence-electron chi connectivity index (χ3n) is 3.69. The van der Waals surface area contributed by atoms with Crippen LogP contribution in [0, 0.1) is 0 Å². The van der Waals surface area contributed by atoms with Gasteiger partial charge in [-0.3, -0.25) is 4.99 Å². The van der Waals surface area contributed by atoms with Crippen molar-refractivity contribution in [3.05, 3.63) is 64.7 Å². The molecule has 22 heavy (non-hydrogen) atoms. The number of hydrogen-bond donors (Lipinski definition) is 2. The van der Waals surface area contributed by atoms with E-state index in [2.05, 4.69) is 43.4 Å². The van der Waals surface area contributed by atoms with Crippen molar-refractivity contribution in [3.8, 4) is 5.75 Å². The zero-order chi connectivity index (χ0) is 15.9. The first kappa shape index (κ1) is 16.5. The lowest BCUT2D eigenvalue weighted by Crippen LogP contribution is -3.11. The predicted molar refractivity (Wildman–Crippen MR) is 92.3 cm³/mol. The molecule has 0 spiro atoms. The summed E-state index contributed by atoms with van der Waals surface area (Å²) in [5.74, 6) is 0.199. The standard InChI is InChI=1S/C18H21ClN2O/c1-21(2)17(10-14-6-4-3-5-7-14)13-20-12-15-11-16(19)8-9-18(15)22/h3-9,11-12,17,22H,10,13H2,1-2H3/p+1/t17-/m0/s1. The molecule has 0 amide bonds. The molecule has 0 bridgehead atoms. The highest BCUT2D eigenvalue weighted by atomic mass is 35.5. The van der Waals surface area contributed by atoms with Gasteiger partial charge in [-0.15, -0.1) is 0 Å². The number of hydrogen-bond acceptors (Lipinski definition) is 2. The molecule has 0 saturated carbocycles. The molecular weight excluding hydrogens is 296 g/mol. The molecule has 2 aromatic carbocycles. The van der Waals surface area contributed by atoms with Gasteiger partial charge in [-0.2, -0.15) is 0 Å². The van der Waals surface area contributed by atoms with Crippen molar-refractivity contribution in [2.45, 2.75) is 12.5 Å². The number of rotatable bonds is 6. The zero-order valence-electron chi connectivity index (χ0n) is 13.0. The zero-order valence-corrected chi connectivity index (χ0v) is 13.7. The number of quaternary nitrogens is 1. The Hall–Kier alpha value is -1.84. The monoisotopic (exact) mass is 317 g/mol. The Morgan fingerprint density at radius 1 is 1.18 bits per heavy atom. The SMILES string of the molecule is C[NH+](C)[C@H](CN=Cc1cc(Cl)ccc1O)Cc1ccccc1. The largest absolute Gasteiger partial charge is 0.507 e. The van der Waals surface area contributed by atoms with Gasteiger partial charge in [-0.05, 0) is 23.8 Å². The van der Waals surface area contributed by atoms with Crippen molar-refractivity contribution >= 4 is 17.8 Å². The summed E-state index contributed by atoms with van der Waals surface area (Å²) < 4.78 is 0. The van der Waals surface area contributed by atoms with Crippen LogP contribution in [0.5, 0.6) is 5.75 Å². The maximum absolute atomic E-state index is 9.79. The summed E-state index contributed by atoms with van der Waals surface area (Å²) in [4.78, 5) is 5.85. The van der Waals surface area contributed by atoms with Crippen molar-refractivity contribution in [2.75, 3.05) is 20.6 Å². The molecular formula is C18H22ClN2O+. The summed E-state index contributed by atoms with van der Waals surface area (Å²) in [7, 11) is 4.28. The van der Waals surface area contributed by atoms with E-state index in [1.807, 2.05) is 6.07 Å². The van der Waals surface area contributed by atoms with Crippen LogP contribution in [0.25, 0.3) is 0 Å². The number of aromatic hydroxyl groups is 1. The van der Waals surface area contributed by atoms with E-state index in [1.165, 1.54) is 10.5 Å². The fraction of sp³-hybridized carbons (Fsp3) is 0.278. The van der Waals surface area contributed by atoms with Gasteiger partial charge in [0.25, 0.3) is 0 Å². The first-order valence-corrected chi connectivity index (χ1v) is 7.76. The number of phenols is 1. The molecule has 0 aliphatic heterocycles. The lowest BCUT2D eigenvalue weighted by atomic mass is 10.1. The molecule has 2 rings (SSSR count).